The number of aromatic nitrogens is 3. The van der Waals surface area contributed by atoms with Gasteiger partial charge in [0.15, 0.2) is 0 Å². The normalized spacial score (nSPS) is 17.3. The van der Waals surface area contributed by atoms with Crippen molar-refractivity contribution >= 4 is 39.6 Å². The molecule has 2 aliphatic rings. The largest absolute Gasteiger partial charge is 0.490 e. The predicted octanol–water partition coefficient (Wildman–Crippen LogP) is 5.59. The zero-order chi connectivity index (χ0) is 25.9. The Morgan fingerprint density at radius 1 is 1.03 bits per heavy atom. The first-order valence-corrected chi connectivity index (χ1v) is 14.3. The van der Waals surface area contributed by atoms with Gasteiger partial charge in [0, 0.05) is 72.8 Å². The highest BCUT2D eigenvalue weighted by Crippen LogP contribution is 2.36. The molecule has 0 spiro atoms. The summed E-state index contributed by atoms with van der Waals surface area (Å²) in [6.45, 7) is 10.0. The number of likely N-dealkylation sites (tertiary alicyclic amines) is 1. The molecule has 0 radical (unpaired) electrons. The van der Waals surface area contributed by atoms with Crippen LogP contribution in [0.2, 0.25) is 0 Å². The Balaban J connectivity index is 1.23. The molecule has 8 nitrogen and oxygen atoms in total. The highest BCUT2D eigenvalue weighted by atomic mass is 32.1. The first-order valence-electron chi connectivity index (χ1n) is 13.4. The lowest BCUT2D eigenvalue weighted by molar-refractivity contribution is 0.0848. The molecule has 198 valence electrons. The lowest BCUT2D eigenvalue weighted by Crippen LogP contribution is -2.41. The second-order valence-corrected chi connectivity index (χ2v) is 11.1. The first kappa shape index (κ1) is 25.0. The monoisotopic (exact) mass is 530 g/mol. The van der Waals surface area contributed by atoms with Gasteiger partial charge in [-0.05, 0) is 57.0 Å². The molecule has 2 aromatic heterocycles. The molecule has 2 aliphatic heterocycles. The van der Waals surface area contributed by atoms with E-state index in [4.69, 9.17) is 14.5 Å². The van der Waals surface area contributed by atoms with Crippen LogP contribution in [0, 0.1) is 0 Å². The van der Waals surface area contributed by atoms with Gasteiger partial charge in [0.05, 0.1) is 24.3 Å². The average molecular weight is 531 g/mol. The Morgan fingerprint density at radius 2 is 1.82 bits per heavy atom. The summed E-state index contributed by atoms with van der Waals surface area (Å²) in [6, 6.07) is 13.1. The average Bonchev–Trinajstić information content (AvgIpc) is 3.49. The Morgan fingerprint density at radius 3 is 2.53 bits per heavy atom. The van der Waals surface area contributed by atoms with E-state index in [9.17, 15) is 0 Å². The van der Waals surface area contributed by atoms with Crippen molar-refractivity contribution in [2.24, 2.45) is 0 Å². The maximum atomic E-state index is 6.62. The molecule has 0 bridgehead atoms. The minimum absolute atomic E-state index is 0.186. The van der Waals surface area contributed by atoms with Crippen LogP contribution in [-0.4, -0.2) is 71.4 Å². The Labute approximate surface area is 227 Å². The molecule has 0 aliphatic carbocycles. The zero-order valence-electron chi connectivity index (χ0n) is 22.0. The van der Waals surface area contributed by atoms with Crippen LogP contribution in [0.25, 0.3) is 21.5 Å². The predicted molar refractivity (Wildman–Crippen MR) is 154 cm³/mol. The summed E-state index contributed by atoms with van der Waals surface area (Å²) in [5, 5.41) is 7.27. The van der Waals surface area contributed by atoms with Crippen LogP contribution in [0.15, 0.2) is 54.2 Å². The smallest absolute Gasteiger partial charge is 0.227 e. The lowest BCUT2D eigenvalue weighted by Gasteiger charge is -2.34. The molecule has 4 heterocycles. The van der Waals surface area contributed by atoms with Gasteiger partial charge < -0.3 is 24.6 Å². The molecule has 9 heteroatoms. The summed E-state index contributed by atoms with van der Waals surface area (Å²) in [6.07, 6.45) is 5.93. The maximum absolute atomic E-state index is 6.62. The topological polar surface area (TPSA) is 75.6 Å². The van der Waals surface area contributed by atoms with Crippen molar-refractivity contribution < 1.29 is 9.47 Å². The van der Waals surface area contributed by atoms with E-state index in [1.54, 1.807) is 11.3 Å². The molecule has 1 N–H and O–H groups in total. The van der Waals surface area contributed by atoms with Crippen LogP contribution in [0.1, 0.15) is 26.7 Å². The van der Waals surface area contributed by atoms with E-state index in [-0.39, 0.29) is 6.10 Å². The van der Waals surface area contributed by atoms with Crippen molar-refractivity contribution in [2.75, 3.05) is 49.6 Å². The summed E-state index contributed by atoms with van der Waals surface area (Å²) in [5.41, 5.74) is 4.01. The van der Waals surface area contributed by atoms with Crippen LogP contribution in [0.4, 0.5) is 17.3 Å². The van der Waals surface area contributed by atoms with Crippen LogP contribution in [0.3, 0.4) is 0 Å². The van der Waals surface area contributed by atoms with Crippen molar-refractivity contribution in [2.45, 2.75) is 38.8 Å². The van der Waals surface area contributed by atoms with Gasteiger partial charge in [-0.2, -0.15) is 0 Å². The fraction of sp³-hybridized carbons (Fsp3) is 0.414. The number of rotatable bonds is 7. The van der Waals surface area contributed by atoms with E-state index in [0.717, 1.165) is 85.1 Å². The van der Waals surface area contributed by atoms with E-state index >= 15 is 0 Å². The number of benzene rings is 2. The molecule has 6 rings (SSSR count). The van der Waals surface area contributed by atoms with Crippen molar-refractivity contribution in [3.8, 4) is 16.3 Å². The van der Waals surface area contributed by atoms with Gasteiger partial charge >= 0.3 is 0 Å². The highest BCUT2D eigenvalue weighted by molar-refractivity contribution is 7.13. The van der Waals surface area contributed by atoms with Gasteiger partial charge in [-0.1, -0.05) is 0 Å². The maximum Gasteiger partial charge on any atom is 0.227 e. The number of fused-ring (bicyclic) bond motifs is 1. The molecular weight excluding hydrogens is 496 g/mol. The van der Waals surface area contributed by atoms with Crippen molar-refractivity contribution in [3.63, 3.8) is 0 Å². The van der Waals surface area contributed by atoms with Crippen LogP contribution in [0.5, 0.6) is 5.75 Å². The minimum Gasteiger partial charge on any atom is -0.490 e. The number of thiazole rings is 1. The van der Waals surface area contributed by atoms with Crippen LogP contribution < -0.4 is 15.0 Å². The number of piperidine rings is 1. The van der Waals surface area contributed by atoms with Crippen molar-refractivity contribution in [3.05, 3.63) is 54.2 Å². The molecule has 0 saturated carbocycles. The van der Waals surface area contributed by atoms with Gasteiger partial charge in [0.1, 0.15) is 16.9 Å². The fourth-order valence-corrected chi connectivity index (χ4v) is 5.80. The number of hydrogen-bond donors (Lipinski definition) is 1. The van der Waals surface area contributed by atoms with E-state index in [1.165, 1.54) is 5.69 Å². The Hall–Kier alpha value is -3.27. The summed E-state index contributed by atoms with van der Waals surface area (Å²) in [5.74, 6) is 1.41. The molecule has 0 atom stereocenters. The van der Waals surface area contributed by atoms with E-state index in [2.05, 4.69) is 75.3 Å². The van der Waals surface area contributed by atoms with Gasteiger partial charge in [-0.15, -0.1) is 11.3 Å². The van der Waals surface area contributed by atoms with Gasteiger partial charge in [0.25, 0.3) is 0 Å². The third-order valence-corrected chi connectivity index (χ3v) is 8.15. The van der Waals surface area contributed by atoms with Crippen molar-refractivity contribution in [1.82, 2.24) is 19.9 Å². The third kappa shape index (κ3) is 5.60. The lowest BCUT2D eigenvalue weighted by atomic mass is 10.1. The Kier molecular flexibility index (Phi) is 7.40. The molecule has 4 aromatic rings. The second-order valence-electron chi connectivity index (χ2n) is 10.2. The first-order chi connectivity index (χ1) is 18.6. The summed E-state index contributed by atoms with van der Waals surface area (Å²) in [7, 11) is 0. The quantitative estimate of drug-likeness (QED) is 0.332. The molecule has 2 fully saturated rings. The molecule has 2 saturated heterocycles. The third-order valence-electron chi connectivity index (χ3n) is 7.34. The fourth-order valence-electron chi connectivity index (χ4n) is 5.14. The summed E-state index contributed by atoms with van der Waals surface area (Å²) < 4.78 is 12.1. The van der Waals surface area contributed by atoms with E-state index in [1.807, 2.05) is 17.8 Å². The summed E-state index contributed by atoms with van der Waals surface area (Å²) in [4.78, 5) is 18.9. The van der Waals surface area contributed by atoms with E-state index in [0.29, 0.717) is 12.0 Å². The molecule has 2 aromatic carbocycles. The summed E-state index contributed by atoms with van der Waals surface area (Å²) >= 11 is 1.62. The van der Waals surface area contributed by atoms with Crippen LogP contribution >= 0.6 is 11.3 Å². The van der Waals surface area contributed by atoms with Gasteiger partial charge in [-0.3, -0.25) is 0 Å². The number of nitrogens with zero attached hydrogens (tertiary/aromatic N) is 5. The van der Waals surface area contributed by atoms with Gasteiger partial charge in [0.2, 0.25) is 5.95 Å². The molecule has 0 unspecified atom stereocenters. The zero-order valence-corrected chi connectivity index (χ0v) is 22.8. The number of nitrogens with one attached hydrogen (secondary N) is 1. The number of hydrogen-bond acceptors (Lipinski definition) is 9. The molecule has 0 amide bonds. The standard InChI is InChI=1S/C29H34N6O2S/c1-20(2)34-10-7-24(8-11-34)37-27-18-26-21(17-25(27)28-30-9-16-38-28)19-31-29(33-26)32-22-3-5-23(6-4-22)35-12-14-36-15-13-35/h3-6,9,16-20,24H,7-8,10-15H2,1-2H3,(H,31,32,33). The van der Waals surface area contributed by atoms with Crippen LogP contribution in [-0.2, 0) is 4.74 Å². The molecular formula is C29H34N6O2S. The minimum atomic E-state index is 0.186. The molecule has 38 heavy (non-hydrogen) atoms. The number of anilines is 3. The Bertz CT molecular complexity index is 1350. The van der Waals surface area contributed by atoms with Crippen molar-refractivity contribution in [1.29, 1.82) is 0 Å². The second kappa shape index (κ2) is 11.2. The number of morpholine rings is 1. The number of ether oxygens (including phenoxy) is 2. The SMILES string of the molecule is CC(C)N1CCC(Oc2cc3nc(Nc4ccc(N5CCOCC5)cc4)ncc3cc2-c2nccs2)CC1. The van der Waals surface area contributed by atoms with E-state index < -0.39 is 0 Å². The highest BCUT2D eigenvalue weighted by Gasteiger charge is 2.24. The van der Waals surface area contributed by atoms with Gasteiger partial charge in [-0.25, -0.2) is 15.0 Å².